The molecule has 0 saturated carbocycles. The van der Waals surface area contributed by atoms with Crippen molar-refractivity contribution in [2.24, 2.45) is 0 Å². The normalized spacial score (nSPS) is 10.6. The van der Waals surface area contributed by atoms with Gasteiger partial charge in [-0.25, -0.2) is 0 Å². The summed E-state index contributed by atoms with van der Waals surface area (Å²) in [6.07, 6.45) is 6.96. The SMILES string of the molecule is CCCCCCCCC(=O)[O-].F[N+](F)(F)F. The summed E-state index contributed by atoms with van der Waals surface area (Å²) in [5, 5.41) is 4.98. The van der Waals surface area contributed by atoms with Crippen LogP contribution in [0.5, 0.6) is 0 Å². The molecule has 0 aliphatic carbocycles. The summed E-state index contributed by atoms with van der Waals surface area (Å²) in [6.45, 7) is 2.17. The van der Waals surface area contributed by atoms with E-state index in [0.717, 1.165) is 12.8 Å². The smallest absolute Gasteiger partial charge is 0.440 e. The molecule has 0 atom stereocenters. The van der Waals surface area contributed by atoms with E-state index in [0.29, 0.717) is 0 Å². The number of rotatable bonds is 7. The zero-order valence-corrected chi connectivity index (χ0v) is 9.23. The van der Waals surface area contributed by atoms with Crippen molar-refractivity contribution in [3.63, 3.8) is 0 Å². The molecule has 16 heavy (non-hydrogen) atoms. The number of nitrogens with zero attached hydrogens (tertiary/aromatic N) is 1. The Morgan fingerprint density at radius 3 is 1.75 bits per heavy atom. The van der Waals surface area contributed by atoms with Crippen LogP contribution in [0, 0.1) is 0 Å². The standard InChI is InChI=1S/C9H18O2.F4N/c1-2-3-4-5-6-7-8-9(10)11;1-5(2,3)4/h2-8H2,1H3,(H,10,11);/q;+1/p-1. The predicted octanol–water partition coefficient (Wildman–Crippen LogP) is 2.83. The van der Waals surface area contributed by atoms with E-state index >= 15 is 0 Å². The van der Waals surface area contributed by atoms with Gasteiger partial charge in [-0.1, -0.05) is 39.0 Å². The Hall–Kier alpha value is -0.850. The maximum absolute atomic E-state index is 9.98. The second-order valence-corrected chi connectivity index (χ2v) is 3.27. The molecule has 0 aromatic carbocycles. The number of carbonyl (C=O) groups excluding carboxylic acids is 1. The summed E-state index contributed by atoms with van der Waals surface area (Å²) >= 11 is 0. The molecule has 98 valence electrons. The predicted molar refractivity (Wildman–Crippen MR) is 47.7 cm³/mol. The summed E-state index contributed by atoms with van der Waals surface area (Å²) in [5.74, 6) is -0.916. The van der Waals surface area contributed by atoms with Crippen LogP contribution in [0.25, 0.3) is 0 Å². The molecule has 0 saturated heterocycles. The maximum atomic E-state index is 9.98. The first kappa shape index (κ1) is 17.5. The van der Waals surface area contributed by atoms with Gasteiger partial charge in [-0.15, -0.1) is 0 Å². The average molecular weight is 247 g/mol. The van der Waals surface area contributed by atoms with Crippen LogP contribution >= 0.6 is 0 Å². The zero-order valence-electron chi connectivity index (χ0n) is 9.23. The lowest BCUT2D eigenvalue weighted by atomic mass is 10.1. The van der Waals surface area contributed by atoms with Crippen LogP contribution in [0.15, 0.2) is 0 Å². The van der Waals surface area contributed by atoms with Gasteiger partial charge in [0.05, 0.1) is 0 Å². The van der Waals surface area contributed by atoms with Crippen LogP contribution in [0.1, 0.15) is 51.9 Å². The molecule has 3 nitrogen and oxygen atoms in total. The lowest BCUT2D eigenvalue weighted by Crippen LogP contribution is -2.21. The van der Waals surface area contributed by atoms with Crippen molar-refractivity contribution in [1.82, 2.24) is 0 Å². The van der Waals surface area contributed by atoms with Crippen molar-refractivity contribution in [2.75, 3.05) is 0 Å². The molecular weight excluding hydrogens is 230 g/mol. The molecular formula is C9H17F4NO2. The Kier molecular flexibility index (Phi) is 11.7. The lowest BCUT2D eigenvalue weighted by molar-refractivity contribution is -1.36. The minimum absolute atomic E-state index is 0.228. The second-order valence-electron chi connectivity index (χ2n) is 3.27. The fourth-order valence-corrected chi connectivity index (χ4v) is 1.05. The average Bonchev–Trinajstić information content (AvgIpc) is 2.08. The number of unbranched alkanes of at least 4 members (excludes halogenated alkanes) is 5. The molecule has 0 heterocycles. The monoisotopic (exact) mass is 247 g/mol. The number of hydrogen-bond acceptors (Lipinski definition) is 2. The topological polar surface area (TPSA) is 40.1 Å². The third kappa shape index (κ3) is 38.0. The van der Waals surface area contributed by atoms with Crippen molar-refractivity contribution >= 4 is 5.97 Å². The summed E-state index contributed by atoms with van der Waals surface area (Å²) in [5.41, 5.74) is 0. The van der Waals surface area contributed by atoms with E-state index in [1.54, 1.807) is 0 Å². The van der Waals surface area contributed by atoms with Crippen LogP contribution < -0.4 is 5.11 Å². The van der Waals surface area contributed by atoms with Gasteiger partial charge in [-0.3, -0.25) is 0 Å². The van der Waals surface area contributed by atoms with Crippen LogP contribution in [0.3, 0.4) is 0 Å². The highest BCUT2D eigenvalue weighted by molar-refractivity contribution is 5.63. The first-order chi connectivity index (χ1) is 7.27. The molecule has 0 aliphatic heterocycles. The molecule has 0 amide bonds. The fraction of sp³-hybridized carbons (Fsp3) is 0.889. The van der Waals surface area contributed by atoms with Crippen LogP contribution in [-0.4, -0.2) is 11.3 Å². The quantitative estimate of drug-likeness (QED) is 0.394. The summed E-state index contributed by atoms with van der Waals surface area (Å²) in [7, 11) is 0. The molecule has 0 aliphatic rings. The minimum atomic E-state index is -5.00. The first-order valence-electron chi connectivity index (χ1n) is 5.15. The third-order valence-electron chi connectivity index (χ3n) is 1.73. The van der Waals surface area contributed by atoms with Crippen molar-refractivity contribution < 1.29 is 33.2 Å². The van der Waals surface area contributed by atoms with Gasteiger partial charge in [-0.05, 0) is 12.8 Å². The zero-order chi connectivity index (χ0) is 13.0. The minimum Gasteiger partial charge on any atom is -0.550 e. The maximum Gasteiger partial charge on any atom is 0.440 e. The highest BCUT2D eigenvalue weighted by Crippen LogP contribution is 2.08. The number of carboxylic acid groups (broad SMARTS) is 1. The van der Waals surface area contributed by atoms with Gasteiger partial charge in [-0.2, -0.15) is 0 Å². The van der Waals surface area contributed by atoms with E-state index in [4.69, 9.17) is 0 Å². The van der Waals surface area contributed by atoms with Crippen LogP contribution in [-0.2, 0) is 4.79 Å². The summed E-state index contributed by atoms with van der Waals surface area (Å²) in [4.78, 5) is 9.98. The van der Waals surface area contributed by atoms with Gasteiger partial charge in [0, 0.05) is 5.97 Å². The van der Waals surface area contributed by atoms with Gasteiger partial charge >= 0.3 is 5.37 Å². The molecule has 0 N–H and O–H groups in total. The Balaban J connectivity index is 0. The summed E-state index contributed by atoms with van der Waals surface area (Å²) < 4.78 is 38.5. The Bertz CT molecular complexity index is 167. The van der Waals surface area contributed by atoms with Gasteiger partial charge in [0.1, 0.15) is 17.9 Å². The largest absolute Gasteiger partial charge is 0.550 e. The molecule has 0 radical (unpaired) electrons. The molecule has 0 rings (SSSR count). The molecule has 0 bridgehead atoms. The molecule has 0 fully saturated rings. The Morgan fingerprint density at radius 1 is 1.00 bits per heavy atom. The summed E-state index contributed by atoms with van der Waals surface area (Å²) in [6, 6.07) is 0. The molecule has 0 aromatic rings. The van der Waals surface area contributed by atoms with Gasteiger partial charge in [0.15, 0.2) is 0 Å². The Morgan fingerprint density at radius 2 is 1.38 bits per heavy atom. The van der Waals surface area contributed by atoms with E-state index in [1.807, 2.05) is 0 Å². The second kappa shape index (κ2) is 10.7. The Labute approximate surface area is 92.0 Å². The van der Waals surface area contributed by atoms with Crippen LogP contribution in [0.4, 0.5) is 17.9 Å². The van der Waals surface area contributed by atoms with Crippen molar-refractivity contribution in [2.45, 2.75) is 51.9 Å². The first-order valence-corrected chi connectivity index (χ1v) is 5.15. The lowest BCUT2D eigenvalue weighted by Gasteiger charge is -2.00. The molecule has 0 unspecified atom stereocenters. The molecule has 0 spiro atoms. The number of halogens is 4. The molecule has 0 aromatic heterocycles. The number of hydrogen-bond donors (Lipinski definition) is 0. The van der Waals surface area contributed by atoms with Crippen molar-refractivity contribution in [3.8, 4) is 0 Å². The van der Waals surface area contributed by atoms with Crippen molar-refractivity contribution in [3.05, 3.63) is 0 Å². The number of aliphatic carboxylic acids is 1. The highest BCUT2D eigenvalue weighted by Gasteiger charge is 2.30. The van der Waals surface area contributed by atoms with E-state index in [-0.39, 0.29) is 6.42 Å². The van der Waals surface area contributed by atoms with E-state index in [2.05, 4.69) is 6.92 Å². The third-order valence-corrected chi connectivity index (χ3v) is 1.73. The van der Waals surface area contributed by atoms with E-state index in [9.17, 15) is 27.8 Å². The number of quaternary nitrogens is 1. The molecule has 7 heteroatoms. The number of carboxylic acids is 1. The van der Waals surface area contributed by atoms with Gasteiger partial charge < -0.3 is 9.90 Å². The number of carbonyl (C=O) groups is 1. The van der Waals surface area contributed by atoms with E-state index in [1.165, 1.54) is 25.7 Å². The van der Waals surface area contributed by atoms with Gasteiger partial charge in [0.25, 0.3) is 0 Å². The highest BCUT2D eigenvalue weighted by atomic mass is 19.7. The van der Waals surface area contributed by atoms with Gasteiger partial charge in [0.2, 0.25) is 0 Å². The van der Waals surface area contributed by atoms with E-state index < -0.39 is 11.3 Å². The van der Waals surface area contributed by atoms with Crippen LogP contribution in [0.2, 0.25) is 0 Å². The van der Waals surface area contributed by atoms with Crippen molar-refractivity contribution in [1.29, 1.82) is 0 Å². The fourth-order valence-electron chi connectivity index (χ4n) is 1.05.